The standard InChI is InChI=1S/C18H31NO/c1-7-9-14(4)17(19-12-8-2)16-11-10-13(3)15(5)18(16)20-6/h10-11,14,17,19H,7-9,12H2,1-6H3. The van der Waals surface area contributed by atoms with Gasteiger partial charge in [0.1, 0.15) is 5.75 Å². The van der Waals surface area contributed by atoms with Gasteiger partial charge in [0.25, 0.3) is 0 Å². The number of nitrogens with one attached hydrogen (secondary N) is 1. The predicted molar refractivity (Wildman–Crippen MR) is 87.6 cm³/mol. The van der Waals surface area contributed by atoms with Crippen LogP contribution in [0, 0.1) is 19.8 Å². The predicted octanol–water partition coefficient (Wildman–Crippen LogP) is 4.79. The second kappa shape index (κ2) is 8.31. The molecule has 0 aromatic heterocycles. The summed E-state index contributed by atoms with van der Waals surface area (Å²) < 4.78 is 5.71. The summed E-state index contributed by atoms with van der Waals surface area (Å²) in [6.45, 7) is 12.2. The molecule has 0 saturated carbocycles. The van der Waals surface area contributed by atoms with E-state index < -0.39 is 0 Å². The second-order valence-electron chi connectivity index (χ2n) is 5.83. The zero-order valence-corrected chi connectivity index (χ0v) is 14.0. The van der Waals surface area contributed by atoms with Gasteiger partial charge in [0.2, 0.25) is 0 Å². The lowest BCUT2D eigenvalue weighted by Crippen LogP contribution is -2.28. The monoisotopic (exact) mass is 277 g/mol. The Labute approximate surface area is 124 Å². The molecule has 2 heteroatoms. The van der Waals surface area contributed by atoms with Crippen molar-refractivity contribution in [3.63, 3.8) is 0 Å². The fraction of sp³-hybridized carbons (Fsp3) is 0.667. The molecule has 20 heavy (non-hydrogen) atoms. The highest BCUT2D eigenvalue weighted by Crippen LogP contribution is 2.35. The Morgan fingerprint density at radius 3 is 2.40 bits per heavy atom. The van der Waals surface area contributed by atoms with E-state index in [1.54, 1.807) is 7.11 Å². The summed E-state index contributed by atoms with van der Waals surface area (Å²) in [5.41, 5.74) is 3.87. The van der Waals surface area contributed by atoms with E-state index in [1.165, 1.54) is 29.5 Å². The van der Waals surface area contributed by atoms with Crippen molar-refractivity contribution in [2.45, 2.75) is 59.9 Å². The minimum Gasteiger partial charge on any atom is -0.496 e. The number of methoxy groups -OCH3 is 1. The highest BCUT2D eigenvalue weighted by Gasteiger charge is 2.22. The Bertz CT molecular complexity index is 414. The first-order chi connectivity index (χ1) is 9.56. The van der Waals surface area contributed by atoms with Crippen molar-refractivity contribution in [1.29, 1.82) is 0 Å². The maximum absolute atomic E-state index is 5.71. The first kappa shape index (κ1) is 17.0. The Hall–Kier alpha value is -1.02. The molecule has 0 amide bonds. The number of ether oxygens (including phenoxy) is 1. The van der Waals surface area contributed by atoms with Crippen molar-refractivity contribution >= 4 is 0 Å². The smallest absolute Gasteiger partial charge is 0.126 e. The van der Waals surface area contributed by atoms with Crippen molar-refractivity contribution < 1.29 is 4.74 Å². The van der Waals surface area contributed by atoms with E-state index in [-0.39, 0.29) is 0 Å². The molecule has 1 rings (SSSR count). The first-order valence-electron chi connectivity index (χ1n) is 7.94. The molecule has 2 unspecified atom stereocenters. The van der Waals surface area contributed by atoms with Gasteiger partial charge < -0.3 is 10.1 Å². The lowest BCUT2D eigenvalue weighted by Gasteiger charge is -2.28. The molecule has 0 fully saturated rings. The molecule has 1 aromatic carbocycles. The van der Waals surface area contributed by atoms with E-state index in [9.17, 15) is 0 Å². The molecule has 114 valence electrons. The molecule has 0 aliphatic carbocycles. The summed E-state index contributed by atoms with van der Waals surface area (Å²) in [6.07, 6.45) is 3.61. The summed E-state index contributed by atoms with van der Waals surface area (Å²) in [7, 11) is 1.78. The van der Waals surface area contributed by atoms with E-state index in [1.807, 2.05) is 0 Å². The maximum Gasteiger partial charge on any atom is 0.126 e. The second-order valence-corrected chi connectivity index (χ2v) is 5.83. The molecule has 0 aliphatic rings. The van der Waals surface area contributed by atoms with E-state index in [0.717, 1.165) is 18.7 Å². The fourth-order valence-corrected chi connectivity index (χ4v) is 2.87. The Morgan fingerprint density at radius 2 is 1.85 bits per heavy atom. The summed E-state index contributed by atoms with van der Waals surface area (Å²) in [4.78, 5) is 0. The van der Waals surface area contributed by atoms with Gasteiger partial charge in [0.15, 0.2) is 0 Å². The van der Waals surface area contributed by atoms with Crippen LogP contribution in [0.1, 0.15) is 62.8 Å². The molecule has 2 atom stereocenters. The van der Waals surface area contributed by atoms with Crippen molar-refractivity contribution in [1.82, 2.24) is 5.32 Å². The minimum atomic E-state index is 0.379. The van der Waals surface area contributed by atoms with Crippen LogP contribution in [0.25, 0.3) is 0 Å². The quantitative estimate of drug-likeness (QED) is 0.737. The molecule has 0 spiro atoms. The van der Waals surface area contributed by atoms with Crippen LogP contribution < -0.4 is 10.1 Å². The van der Waals surface area contributed by atoms with Crippen LogP contribution in [0.2, 0.25) is 0 Å². The molecule has 1 aromatic rings. The third-order valence-corrected chi connectivity index (χ3v) is 4.17. The molecule has 2 nitrogen and oxygen atoms in total. The van der Waals surface area contributed by atoms with Crippen molar-refractivity contribution in [3.8, 4) is 5.75 Å². The van der Waals surface area contributed by atoms with Crippen LogP contribution in [-0.2, 0) is 0 Å². The summed E-state index contributed by atoms with van der Waals surface area (Å²) in [5, 5.41) is 3.71. The fourth-order valence-electron chi connectivity index (χ4n) is 2.87. The van der Waals surface area contributed by atoms with Gasteiger partial charge in [0, 0.05) is 11.6 Å². The maximum atomic E-state index is 5.71. The molecule has 0 heterocycles. The number of aryl methyl sites for hydroxylation is 1. The molecule has 0 aliphatic heterocycles. The Morgan fingerprint density at radius 1 is 1.15 bits per heavy atom. The van der Waals surface area contributed by atoms with Crippen molar-refractivity contribution in [2.24, 2.45) is 5.92 Å². The lowest BCUT2D eigenvalue weighted by atomic mass is 9.88. The van der Waals surface area contributed by atoms with Gasteiger partial charge in [-0.25, -0.2) is 0 Å². The average molecular weight is 277 g/mol. The summed E-state index contributed by atoms with van der Waals surface area (Å²) in [5.74, 6) is 1.67. The molecule has 0 bridgehead atoms. The largest absolute Gasteiger partial charge is 0.496 e. The van der Waals surface area contributed by atoms with Gasteiger partial charge in [-0.1, -0.05) is 39.3 Å². The highest BCUT2D eigenvalue weighted by molar-refractivity contribution is 5.47. The zero-order chi connectivity index (χ0) is 15.1. The van der Waals surface area contributed by atoms with Crippen LogP contribution in [0.15, 0.2) is 12.1 Å². The average Bonchev–Trinajstić information content (AvgIpc) is 2.43. The molecular weight excluding hydrogens is 246 g/mol. The first-order valence-corrected chi connectivity index (χ1v) is 7.94. The Kier molecular flexibility index (Phi) is 7.08. The topological polar surface area (TPSA) is 21.3 Å². The molecule has 1 N–H and O–H groups in total. The molecule has 0 radical (unpaired) electrons. The number of hydrogen-bond donors (Lipinski definition) is 1. The van der Waals surface area contributed by atoms with Crippen LogP contribution >= 0.6 is 0 Å². The van der Waals surface area contributed by atoms with E-state index in [0.29, 0.717) is 12.0 Å². The Balaban J connectivity index is 3.15. The normalized spacial score (nSPS) is 14.1. The SMILES string of the molecule is CCCNC(c1ccc(C)c(C)c1OC)C(C)CCC. The highest BCUT2D eigenvalue weighted by atomic mass is 16.5. The van der Waals surface area contributed by atoms with Crippen LogP contribution in [-0.4, -0.2) is 13.7 Å². The number of benzene rings is 1. The zero-order valence-electron chi connectivity index (χ0n) is 14.0. The van der Waals surface area contributed by atoms with E-state index in [4.69, 9.17) is 4.74 Å². The van der Waals surface area contributed by atoms with Crippen molar-refractivity contribution in [3.05, 3.63) is 28.8 Å². The van der Waals surface area contributed by atoms with Gasteiger partial charge >= 0.3 is 0 Å². The van der Waals surface area contributed by atoms with Gasteiger partial charge in [-0.15, -0.1) is 0 Å². The van der Waals surface area contributed by atoms with Crippen LogP contribution in [0.3, 0.4) is 0 Å². The van der Waals surface area contributed by atoms with E-state index in [2.05, 4.69) is 52.1 Å². The number of rotatable bonds is 8. The summed E-state index contributed by atoms with van der Waals surface area (Å²) in [6, 6.07) is 4.83. The lowest BCUT2D eigenvalue weighted by molar-refractivity contribution is 0.341. The molecular formula is C18H31NO. The summed E-state index contributed by atoms with van der Waals surface area (Å²) >= 11 is 0. The molecule has 0 saturated heterocycles. The van der Waals surface area contributed by atoms with Gasteiger partial charge in [-0.05, 0) is 50.3 Å². The van der Waals surface area contributed by atoms with E-state index >= 15 is 0 Å². The van der Waals surface area contributed by atoms with Crippen LogP contribution in [0.4, 0.5) is 0 Å². The third kappa shape index (κ3) is 3.99. The van der Waals surface area contributed by atoms with Crippen LogP contribution in [0.5, 0.6) is 5.75 Å². The third-order valence-electron chi connectivity index (χ3n) is 4.17. The van der Waals surface area contributed by atoms with Crippen molar-refractivity contribution in [2.75, 3.05) is 13.7 Å². The van der Waals surface area contributed by atoms with Gasteiger partial charge in [0.05, 0.1) is 7.11 Å². The van der Waals surface area contributed by atoms with Gasteiger partial charge in [-0.2, -0.15) is 0 Å². The minimum absolute atomic E-state index is 0.379. The van der Waals surface area contributed by atoms with Gasteiger partial charge in [-0.3, -0.25) is 0 Å². The number of hydrogen-bond acceptors (Lipinski definition) is 2.